The highest BCUT2D eigenvalue weighted by atomic mass is 16.6. The fourth-order valence-electron chi connectivity index (χ4n) is 2.90. The van der Waals surface area contributed by atoms with E-state index in [2.05, 4.69) is 6.07 Å². The fraction of sp³-hybridized carbons (Fsp3) is 0.0556. The second kappa shape index (κ2) is 4.34. The first-order chi connectivity index (χ1) is 10.3. The van der Waals surface area contributed by atoms with Gasteiger partial charge in [-0.2, -0.15) is 5.26 Å². The Balaban J connectivity index is 2.15. The Kier molecular flexibility index (Phi) is 2.47. The monoisotopic (exact) mass is 273 g/mol. The molecule has 0 saturated heterocycles. The molecule has 0 fully saturated rings. The van der Waals surface area contributed by atoms with Crippen LogP contribution in [0.3, 0.4) is 0 Å². The van der Waals surface area contributed by atoms with Crippen LogP contribution < -0.4 is 4.74 Å². The first-order valence-electron chi connectivity index (χ1n) is 6.69. The van der Waals surface area contributed by atoms with Gasteiger partial charge in [0, 0.05) is 21.9 Å². The van der Waals surface area contributed by atoms with Crippen LogP contribution in [0.1, 0.15) is 17.4 Å². The van der Waals surface area contributed by atoms with Gasteiger partial charge < -0.3 is 9.84 Å². The van der Waals surface area contributed by atoms with E-state index in [1.165, 1.54) is 0 Å². The Morgan fingerprint density at radius 1 is 0.952 bits per heavy atom. The van der Waals surface area contributed by atoms with Gasteiger partial charge >= 0.3 is 0 Å². The van der Waals surface area contributed by atoms with Gasteiger partial charge in [-0.3, -0.25) is 0 Å². The number of aliphatic hydroxyl groups is 1. The van der Waals surface area contributed by atoms with E-state index in [1.807, 2.05) is 54.6 Å². The number of ether oxygens (including phenoxy) is 1. The number of hydrogen-bond donors (Lipinski definition) is 1. The molecule has 0 bridgehead atoms. The molecular formula is C18H11NO2. The van der Waals surface area contributed by atoms with Gasteiger partial charge in [-0.15, -0.1) is 0 Å². The maximum atomic E-state index is 10.2. The molecule has 0 saturated carbocycles. The Morgan fingerprint density at radius 3 is 2.48 bits per heavy atom. The zero-order valence-corrected chi connectivity index (χ0v) is 11.1. The lowest BCUT2D eigenvalue weighted by molar-refractivity contribution is -0.0201. The molecule has 3 aromatic carbocycles. The molecule has 1 heterocycles. The molecule has 21 heavy (non-hydrogen) atoms. The minimum absolute atomic E-state index is 0.610. The number of rotatable bonds is 0. The Labute approximate surface area is 121 Å². The molecule has 1 aliphatic rings. The van der Waals surface area contributed by atoms with Crippen LogP contribution in [-0.4, -0.2) is 5.11 Å². The average Bonchev–Trinajstić information content (AvgIpc) is 2.55. The van der Waals surface area contributed by atoms with Crippen LogP contribution >= 0.6 is 0 Å². The van der Waals surface area contributed by atoms with E-state index >= 15 is 0 Å². The van der Waals surface area contributed by atoms with Gasteiger partial charge in [-0.05, 0) is 11.6 Å². The van der Waals surface area contributed by atoms with Crippen LogP contribution in [0.15, 0.2) is 54.6 Å². The summed E-state index contributed by atoms with van der Waals surface area (Å²) in [5.41, 5.74) is 3.10. The highest BCUT2D eigenvalue weighted by Crippen LogP contribution is 2.46. The van der Waals surface area contributed by atoms with E-state index in [4.69, 9.17) is 4.74 Å². The van der Waals surface area contributed by atoms with Crippen molar-refractivity contribution in [3.05, 3.63) is 65.7 Å². The fourth-order valence-corrected chi connectivity index (χ4v) is 2.90. The van der Waals surface area contributed by atoms with Crippen LogP contribution in [0, 0.1) is 11.3 Å². The first-order valence-corrected chi connectivity index (χ1v) is 6.69. The highest BCUT2D eigenvalue weighted by Gasteiger charge is 2.26. The van der Waals surface area contributed by atoms with E-state index in [9.17, 15) is 10.4 Å². The third kappa shape index (κ3) is 1.63. The van der Waals surface area contributed by atoms with Gasteiger partial charge in [-0.1, -0.05) is 48.5 Å². The first kappa shape index (κ1) is 12.0. The van der Waals surface area contributed by atoms with E-state index in [1.54, 1.807) is 0 Å². The zero-order chi connectivity index (χ0) is 14.4. The van der Waals surface area contributed by atoms with Crippen molar-refractivity contribution in [1.29, 1.82) is 5.26 Å². The molecule has 0 radical (unpaired) electrons. The van der Waals surface area contributed by atoms with Crippen LogP contribution in [0.5, 0.6) is 5.75 Å². The molecule has 3 aromatic rings. The summed E-state index contributed by atoms with van der Waals surface area (Å²) in [5.74, 6) is 0.635. The van der Waals surface area contributed by atoms with Gasteiger partial charge in [0.25, 0.3) is 0 Å². The summed E-state index contributed by atoms with van der Waals surface area (Å²) in [5, 5.41) is 21.3. The predicted octanol–water partition coefficient (Wildman–Crippen LogP) is 3.76. The van der Waals surface area contributed by atoms with Crippen LogP contribution in [0.4, 0.5) is 0 Å². The summed E-state index contributed by atoms with van der Waals surface area (Å²) < 4.78 is 5.72. The largest absolute Gasteiger partial charge is 0.459 e. The van der Waals surface area contributed by atoms with Gasteiger partial charge in [0.15, 0.2) is 0 Å². The van der Waals surface area contributed by atoms with Crippen LogP contribution in [-0.2, 0) is 0 Å². The van der Waals surface area contributed by atoms with Crippen LogP contribution in [0.2, 0.25) is 0 Å². The predicted molar refractivity (Wildman–Crippen MR) is 79.7 cm³/mol. The topological polar surface area (TPSA) is 53.2 Å². The smallest absolute Gasteiger partial charge is 0.224 e. The minimum atomic E-state index is -0.981. The van der Waals surface area contributed by atoms with Crippen molar-refractivity contribution in [2.45, 2.75) is 6.29 Å². The molecule has 1 N–H and O–H groups in total. The van der Waals surface area contributed by atoms with E-state index in [-0.39, 0.29) is 0 Å². The lowest BCUT2D eigenvalue weighted by Crippen LogP contribution is -2.13. The van der Waals surface area contributed by atoms with E-state index in [0.29, 0.717) is 11.3 Å². The second-order valence-electron chi connectivity index (χ2n) is 5.02. The third-order valence-electron chi connectivity index (χ3n) is 3.86. The molecule has 3 heteroatoms. The summed E-state index contributed by atoms with van der Waals surface area (Å²) in [6, 6.07) is 19.2. The van der Waals surface area contributed by atoms with Crippen molar-refractivity contribution in [3.8, 4) is 22.9 Å². The quantitative estimate of drug-likeness (QED) is 0.678. The Bertz CT molecular complexity index is 909. The van der Waals surface area contributed by atoms with E-state index in [0.717, 1.165) is 27.5 Å². The Hall–Kier alpha value is -2.83. The number of aliphatic hydroxyl groups excluding tert-OH is 1. The molecule has 1 atom stereocenters. The summed E-state index contributed by atoms with van der Waals surface area (Å²) in [6.07, 6.45) is -0.981. The van der Waals surface area contributed by atoms with Crippen molar-refractivity contribution in [1.82, 2.24) is 0 Å². The maximum Gasteiger partial charge on any atom is 0.224 e. The molecule has 4 rings (SSSR count). The van der Waals surface area contributed by atoms with Gasteiger partial charge in [-0.25, -0.2) is 0 Å². The van der Waals surface area contributed by atoms with Crippen molar-refractivity contribution in [3.63, 3.8) is 0 Å². The van der Waals surface area contributed by atoms with Gasteiger partial charge in [0.1, 0.15) is 5.75 Å². The molecule has 0 aliphatic carbocycles. The van der Waals surface area contributed by atoms with E-state index < -0.39 is 6.29 Å². The number of nitrogens with zero attached hydrogens (tertiary/aromatic N) is 1. The molecule has 1 unspecified atom stereocenters. The standard InChI is InChI=1S/C18H11NO2/c19-10-11-9-16-13-6-2-4-8-15(13)18(20)21-17(16)14-7-3-1-5-12(11)14/h1-9,18,20H. The van der Waals surface area contributed by atoms with Gasteiger partial charge in [0.2, 0.25) is 6.29 Å². The van der Waals surface area contributed by atoms with Crippen molar-refractivity contribution < 1.29 is 9.84 Å². The van der Waals surface area contributed by atoms with Crippen molar-refractivity contribution in [2.24, 2.45) is 0 Å². The number of fused-ring (bicyclic) bond motifs is 5. The number of benzene rings is 3. The molecule has 1 aliphatic heterocycles. The summed E-state index contributed by atoms with van der Waals surface area (Å²) in [6.45, 7) is 0. The molecule has 100 valence electrons. The van der Waals surface area contributed by atoms with Crippen molar-refractivity contribution in [2.75, 3.05) is 0 Å². The minimum Gasteiger partial charge on any atom is -0.459 e. The zero-order valence-electron chi connectivity index (χ0n) is 11.1. The van der Waals surface area contributed by atoms with Crippen molar-refractivity contribution >= 4 is 10.8 Å². The summed E-state index contributed by atoms with van der Waals surface area (Å²) in [7, 11) is 0. The average molecular weight is 273 g/mol. The lowest BCUT2D eigenvalue weighted by atomic mass is 9.91. The lowest BCUT2D eigenvalue weighted by Gasteiger charge is -2.26. The molecular weight excluding hydrogens is 262 g/mol. The third-order valence-corrected chi connectivity index (χ3v) is 3.86. The molecule has 0 amide bonds. The summed E-state index contributed by atoms with van der Waals surface area (Å²) in [4.78, 5) is 0. The second-order valence-corrected chi connectivity index (χ2v) is 5.02. The summed E-state index contributed by atoms with van der Waals surface area (Å²) >= 11 is 0. The highest BCUT2D eigenvalue weighted by molar-refractivity contribution is 5.99. The number of nitriles is 1. The SMILES string of the molecule is N#Cc1cc2c(c3ccccc13)OC(O)c1ccccc1-2. The van der Waals surface area contributed by atoms with Crippen LogP contribution in [0.25, 0.3) is 21.9 Å². The normalized spacial score (nSPS) is 15.7. The maximum absolute atomic E-state index is 10.2. The van der Waals surface area contributed by atoms with Gasteiger partial charge in [0.05, 0.1) is 11.6 Å². The molecule has 3 nitrogen and oxygen atoms in total. The Morgan fingerprint density at radius 2 is 1.67 bits per heavy atom. The number of hydrogen-bond acceptors (Lipinski definition) is 3. The molecule has 0 spiro atoms. The molecule has 0 aromatic heterocycles.